The van der Waals surface area contributed by atoms with Gasteiger partial charge in [0.15, 0.2) is 5.78 Å². The first-order valence-corrected chi connectivity index (χ1v) is 16.8. The van der Waals surface area contributed by atoms with Crippen LogP contribution >= 0.6 is 0 Å². The molecule has 5 nitrogen and oxygen atoms in total. The standard InChI is InChI=1S/C29H26N3.C13H24O2.Ir/c1-17-7-18(2)10-24(9-17)28-29(25-11-19(3)8-20(4)12-25)32-26(16-31-28)27-21(5)13-23(15-30)14-22(27)6;1-5-10(6-2)12(14)9-13(15)11(7-3)8-4;/h7-9,11-14,16H,1-6H3;9-11,14H,5-8H2,1-4H3;/q-1;;/b;12-9-;. The molecule has 0 saturated carbocycles. The van der Waals surface area contributed by atoms with E-state index in [1.54, 1.807) is 0 Å². The summed E-state index contributed by atoms with van der Waals surface area (Å²) in [7, 11) is 0. The summed E-state index contributed by atoms with van der Waals surface area (Å²) in [4.78, 5) is 21.8. The molecule has 0 aliphatic rings. The van der Waals surface area contributed by atoms with Crippen molar-refractivity contribution in [3.05, 3.63) is 106 Å². The fraction of sp³-hybridized carbons (Fsp3) is 0.381. The second-order valence-corrected chi connectivity index (χ2v) is 12.7. The van der Waals surface area contributed by atoms with E-state index in [2.05, 4.69) is 70.2 Å². The van der Waals surface area contributed by atoms with Crippen molar-refractivity contribution in [2.45, 2.75) is 94.9 Å². The molecule has 0 spiro atoms. The molecule has 48 heavy (non-hydrogen) atoms. The first-order chi connectivity index (χ1) is 22.3. The van der Waals surface area contributed by atoms with Gasteiger partial charge < -0.3 is 10.1 Å². The molecule has 3 aromatic carbocycles. The molecule has 1 heterocycles. The van der Waals surface area contributed by atoms with Crippen LogP contribution in [0.4, 0.5) is 0 Å². The van der Waals surface area contributed by atoms with Crippen molar-refractivity contribution < 1.29 is 30.0 Å². The summed E-state index contributed by atoms with van der Waals surface area (Å²) in [6.07, 6.45) is 6.75. The molecule has 4 aromatic rings. The summed E-state index contributed by atoms with van der Waals surface area (Å²) in [6, 6.07) is 20.2. The van der Waals surface area contributed by atoms with Gasteiger partial charge in [-0.15, -0.1) is 34.9 Å². The molecular weight excluding hydrogens is 771 g/mol. The van der Waals surface area contributed by atoms with Gasteiger partial charge in [-0.2, -0.15) is 5.26 Å². The normalized spacial score (nSPS) is 11.1. The molecule has 1 radical (unpaired) electrons. The van der Waals surface area contributed by atoms with Gasteiger partial charge in [-0.1, -0.05) is 70.9 Å². The second-order valence-electron chi connectivity index (χ2n) is 12.7. The molecule has 0 saturated heterocycles. The number of hydrogen-bond acceptors (Lipinski definition) is 5. The molecule has 0 aliphatic heterocycles. The predicted octanol–water partition coefficient (Wildman–Crippen LogP) is 10.9. The van der Waals surface area contributed by atoms with Crippen molar-refractivity contribution in [3.63, 3.8) is 0 Å². The molecule has 0 bridgehead atoms. The van der Waals surface area contributed by atoms with Gasteiger partial charge in [0.05, 0.1) is 28.8 Å². The minimum absolute atomic E-state index is 0. The number of hydrogen-bond donors (Lipinski definition) is 1. The van der Waals surface area contributed by atoms with E-state index in [0.717, 1.165) is 76.1 Å². The van der Waals surface area contributed by atoms with Crippen molar-refractivity contribution in [1.82, 2.24) is 9.97 Å². The van der Waals surface area contributed by atoms with Gasteiger partial charge in [0.1, 0.15) is 0 Å². The van der Waals surface area contributed by atoms with Gasteiger partial charge in [0, 0.05) is 55.5 Å². The van der Waals surface area contributed by atoms with Gasteiger partial charge in [0.25, 0.3) is 0 Å². The summed E-state index contributed by atoms with van der Waals surface area (Å²) >= 11 is 0. The minimum atomic E-state index is 0. The zero-order valence-corrected chi connectivity index (χ0v) is 32.6. The molecule has 0 atom stereocenters. The molecule has 4 rings (SSSR count). The molecule has 0 fully saturated rings. The number of allylic oxidation sites excluding steroid dienone is 2. The Morgan fingerprint density at radius 3 is 1.85 bits per heavy atom. The van der Waals surface area contributed by atoms with Crippen molar-refractivity contribution >= 4 is 5.78 Å². The molecule has 6 heteroatoms. The van der Waals surface area contributed by atoms with Crippen LogP contribution in [-0.2, 0) is 24.9 Å². The van der Waals surface area contributed by atoms with E-state index < -0.39 is 0 Å². The maximum absolute atomic E-state index is 11.7. The summed E-state index contributed by atoms with van der Waals surface area (Å²) in [6.45, 7) is 20.5. The maximum Gasteiger partial charge on any atom is 0.162 e. The number of nitrogens with zero attached hydrogens (tertiary/aromatic N) is 3. The molecule has 1 aromatic heterocycles. The predicted molar refractivity (Wildman–Crippen MR) is 194 cm³/mol. The average Bonchev–Trinajstić information content (AvgIpc) is 3.01. The fourth-order valence-electron chi connectivity index (χ4n) is 6.25. The third-order valence-electron chi connectivity index (χ3n) is 8.67. The molecule has 1 N–H and O–H groups in total. The number of ketones is 1. The first kappa shape index (κ1) is 40.3. The maximum atomic E-state index is 11.7. The Morgan fingerprint density at radius 2 is 1.35 bits per heavy atom. The minimum Gasteiger partial charge on any atom is -0.512 e. The molecule has 0 amide bonds. The Kier molecular flexibility index (Phi) is 15.6. The van der Waals surface area contributed by atoms with Crippen LogP contribution in [0.1, 0.15) is 92.3 Å². The Bertz CT molecular complexity index is 1730. The van der Waals surface area contributed by atoms with E-state index in [0.29, 0.717) is 5.56 Å². The van der Waals surface area contributed by atoms with Crippen LogP contribution in [0.5, 0.6) is 0 Å². The van der Waals surface area contributed by atoms with E-state index >= 15 is 0 Å². The number of benzene rings is 3. The Labute approximate surface area is 301 Å². The van der Waals surface area contributed by atoms with Gasteiger partial charge in [-0.3, -0.25) is 9.78 Å². The monoisotopic (exact) mass is 821 g/mol. The van der Waals surface area contributed by atoms with Gasteiger partial charge >= 0.3 is 0 Å². The molecule has 0 unspecified atom stereocenters. The van der Waals surface area contributed by atoms with Crippen molar-refractivity contribution in [2.24, 2.45) is 11.8 Å². The number of aliphatic hydroxyl groups excluding tert-OH is 1. The van der Waals surface area contributed by atoms with E-state index in [1.807, 2.05) is 59.9 Å². The number of rotatable bonds is 10. The van der Waals surface area contributed by atoms with Crippen LogP contribution < -0.4 is 0 Å². The molecule has 0 aliphatic carbocycles. The Hall–Kier alpha value is -3.91. The number of aryl methyl sites for hydroxylation is 6. The number of carbonyl (C=O) groups is 1. The quantitative estimate of drug-likeness (QED) is 0.0978. The number of nitriles is 1. The van der Waals surface area contributed by atoms with Crippen LogP contribution in [0.25, 0.3) is 33.8 Å². The summed E-state index contributed by atoms with van der Waals surface area (Å²) in [5, 5.41) is 19.1. The third kappa shape index (κ3) is 10.3. The van der Waals surface area contributed by atoms with E-state index in [4.69, 9.17) is 9.97 Å². The van der Waals surface area contributed by atoms with Crippen LogP contribution in [-0.4, -0.2) is 20.9 Å². The van der Waals surface area contributed by atoms with Crippen LogP contribution in [0.3, 0.4) is 0 Å². The summed E-state index contributed by atoms with van der Waals surface area (Å²) in [5.41, 5.74) is 12.8. The molecular formula is C42H50IrN3O2-. The van der Waals surface area contributed by atoms with Gasteiger partial charge in [0.2, 0.25) is 0 Å². The van der Waals surface area contributed by atoms with Crippen LogP contribution in [0, 0.1) is 70.8 Å². The Balaban J connectivity index is 0.000000427. The van der Waals surface area contributed by atoms with E-state index in [-0.39, 0.29) is 43.5 Å². The number of carbonyl (C=O) groups excluding carboxylic acids is 1. The van der Waals surface area contributed by atoms with Crippen molar-refractivity contribution in [1.29, 1.82) is 5.26 Å². The van der Waals surface area contributed by atoms with Crippen molar-refractivity contribution in [2.75, 3.05) is 0 Å². The second kappa shape index (κ2) is 18.6. The summed E-state index contributed by atoms with van der Waals surface area (Å²) in [5.74, 6) is 0.547. The van der Waals surface area contributed by atoms with Crippen LogP contribution in [0.2, 0.25) is 0 Å². The molecule has 255 valence electrons. The average molecular weight is 821 g/mol. The Morgan fingerprint density at radius 1 is 0.812 bits per heavy atom. The summed E-state index contributed by atoms with van der Waals surface area (Å²) < 4.78 is 0. The van der Waals surface area contributed by atoms with E-state index in [1.165, 1.54) is 22.8 Å². The van der Waals surface area contributed by atoms with E-state index in [9.17, 15) is 15.2 Å². The zero-order valence-electron chi connectivity index (χ0n) is 30.2. The van der Waals surface area contributed by atoms with Crippen LogP contribution in [0.15, 0.2) is 60.5 Å². The fourth-order valence-corrected chi connectivity index (χ4v) is 6.25. The largest absolute Gasteiger partial charge is 0.512 e. The topological polar surface area (TPSA) is 86.9 Å². The zero-order chi connectivity index (χ0) is 34.8. The van der Waals surface area contributed by atoms with Gasteiger partial charge in [-0.25, -0.2) is 0 Å². The smallest absolute Gasteiger partial charge is 0.162 e. The van der Waals surface area contributed by atoms with Gasteiger partial charge in [-0.05, 0) is 82.2 Å². The number of aromatic nitrogens is 2. The SMILES string of the molecule is CCC(CC)C(=O)/C=C(\O)C(CC)CC.Cc1[c-]c(-c2ncc(-c3c(C)cc(C#N)cc3C)nc2-c2cc(C)cc(C)c2)cc(C)c1.[Ir]. The first-order valence-electron chi connectivity index (χ1n) is 16.8. The van der Waals surface area contributed by atoms with Crippen molar-refractivity contribution in [3.8, 4) is 39.8 Å². The third-order valence-corrected chi connectivity index (χ3v) is 8.67. The number of aliphatic hydroxyl groups is 1.